The number of rotatable bonds is 4. The highest BCUT2D eigenvalue weighted by atomic mass is 19.1. The van der Waals surface area contributed by atoms with Crippen molar-refractivity contribution in [2.24, 2.45) is 0 Å². The third kappa shape index (κ3) is 3.32. The van der Waals surface area contributed by atoms with Crippen molar-refractivity contribution >= 4 is 5.91 Å². The van der Waals surface area contributed by atoms with Crippen LogP contribution in [0.5, 0.6) is 0 Å². The number of halogens is 2. The molecule has 0 saturated heterocycles. The van der Waals surface area contributed by atoms with Crippen LogP contribution in [0.15, 0.2) is 53.1 Å². The number of oxazole rings is 1. The van der Waals surface area contributed by atoms with Crippen LogP contribution < -0.4 is 5.32 Å². The van der Waals surface area contributed by atoms with Gasteiger partial charge in [-0.1, -0.05) is 23.8 Å². The SMILES string of the molecule is Cc1ccc(-c2nc(CNC(=O)c3c(F)cccc3F)co2)cc1. The second-order valence-corrected chi connectivity index (χ2v) is 5.29. The van der Waals surface area contributed by atoms with Crippen LogP contribution >= 0.6 is 0 Å². The first-order chi connectivity index (χ1) is 11.5. The number of hydrogen-bond acceptors (Lipinski definition) is 3. The highest BCUT2D eigenvalue weighted by molar-refractivity contribution is 5.94. The fraction of sp³-hybridized carbons (Fsp3) is 0.111. The van der Waals surface area contributed by atoms with Gasteiger partial charge >= 0.3 is 0 Å². The van der Waals surface area contributed by atoms with Crippen LogP contribution in [-0.4, -0.2) is 10.9 Å². The van der Waals surface area contributed by atoms with Crippen LogP contribution in [0.3, 0.4) is 0 Å². The summed E-state index contributed by atoms with van der Waals surface area (Å²) in [6.07, 6.45) is 1.40. The van der Waals surface area contributed by atoms with E-state index in [4.69, 9.17) is 4.42 Å². The molecule has 4 nitrogen and oxygen atoms in total. The number of benzene rings is 2. The minimum Gasteiger partial charge on any atom is -0.444 e. The van der Waals surface area contributed by atoms with E-state index in [9.17, 15) is 13.6 Å². The summed E-state index contributed by atoms with van der Waals surface area (Å²) >= 11 is 0. The standard InChI is InChI=1S/C18H14F2N2O2/c1-11-5-7-12(8-6-11)18-22-13(10-24-18)9-21-17(23)16-14(19)3-2-4-15(16)20/h2-8,10H,9H2,1H3,(H,21,23). The zero-order valence-electron chi connectivity index (χ0n) is 12.8. The number of aromatic nitrogens is 1. The zero-order valence-corrected chi connectivity index (χ0v) is 12.8. The smallest absolute Gasteiger partial charge is 0.257 e. The summed E-state index contributed by atoms with van der Waals surface area (Å²) in [6, 6.07) is 10.9. The third-order valence-corrected chi connectivity index (χ3v) is 3.47. The molecule has 122 valence electrons. The molecule has 0 aliphatic rings. The number of nitrogens with zero attached hydrogens (tertiary/aromatic N) is 1. The minimum atomic E-state index is -0.909. The highest BCUT2D eigenvalue weighted by Crippen LogP contribution is 2.19. The molecule has 0 spiro atoms. The van der Waals surface area contributed by atoms with Crippen LogP contribution in [0.25, 0.3) is 11.5 Å². The van der Waals surface area contributed by atoms with Gasteiger partial charge in [0.2, 0.25) is 5.89 Å². The predicted molar refractivity (Wildman–Crippen MR) is 84.2 cm³/mol. The summed E-state index contributed by atoms with van der Waals surface area (Å²) in [5.74, 6) is -2.25. The number of aryl methyl sites for hydroxylation is 1. The van der Waals surface area contributed by atoms with E-state index in [-0.39, 0.29) is 6.54 Å². The van der Waals surface area contributed by atoms with Crippen LogP contribution in [-0.2, 0) is 6.54 Å². The summed E-state index contributed by atoms with van der Waals surface area (Å²) in [4.78, 5) is 16.2. The largest absolute Gasteiger partial charge is 0.444 e. The molecular weight excluding hydrogens is 314 g/mol. The number of hydrogen-bond donors (Lipinski definition) is 1. The maximum absolute atomic E-state index is 13.5. The van der Waals surface area contributed by atoms with Crippen LogP contribution in [0.4, 0.5) is 8.78 Å². The predicted octanol–water partition coefficient (Wildman–Crippen LogP) is 3.86. The van der Waals surface area contributed by atoms with Gasteiger partial charge in [-0.05, 0) is 31.2 Å². The van der Waals surface area contributed by atoms with Gasteiger partial charge < -0.3 is 9.73 Å². The molecule has 0 fully saturated rings. The van der Waals surface area contributed by atoms with Gasteiger partial charge in [-0.2, -0.15) is 0 Å². The molecule has 24 heavy (non-hydrogen) atoms. The monoisotopic (exact) mass is 328 g/mol. The van der Waals surface area contributed by atoms with Crippen molar-refractivity contribution in [3.8, 4) is 11.5 Å². The van der Waals surface area contributed by atoms with Crippen molar-refractivity contribution in [1.29, 1.82) is 0 Å². The number of carbonyl (C=O) groups is 1. The second kappa shape index (κ2) is 6.62. The average Bonchev–Trinajstić information content (AvgIpc) is 3.02. The van der Waals surface area contributed by atoms with Gasteiger partial charge in [0.25, 0.3) is 5.91 Å². The molecule has 0 aliphatic carbocycles. The number of amides is 1. The van der Waals surface area contributed by atoms with Gasteiger partial charge in [-0.15, -0.1) is 0 Å². The van der Waals surface area contributed by atoms with Crippen LogP contribution in [0, 0.1) is 18.6 Å². The summed E-state index contributed by atoms with van der Waals surface area (Å²) < 4.78 is 32.5. The fourth-order valence-electron chi connectivity index (χ4n) is 2.19. The Balaban J connectivity index is 1.69. The number of carbonyl (C=O) groups excluding carboxylic acids is 1. The van der Waals surface area contributed by atoms with E-state index in [0.717, 1.165) is 23.3 Å². The lowest BCUT2D eigenvalue weighted by Gasteiger charge is -2.05. The van der Waals surface area contributed by atoms with Gasteiger partial charge in [0.1, 0.15) is 23.5 Å². The second-order valence-electron chi connectivity index (χ2n) is 5.29. The Morgan fingerprint density at radius 1 is 1.12 bits per heavy atom. The Morgan fingerprint density at radius 2 is 1.79 bits per heavy atom. The Labute approximate surface area is 137 Å². The van der Waals surface area contributed by atoms with Crippen molar-refractivity contribution in [3.05, 3.63) is 77.2 Å². The summed E-state index contributed by atoms with van der Waals surface area (Å²) in [6.45, 7) is 1.98. The molecule has 0 unspecified atom stereocenters. The Hall–Kier alpha value is -3.02. The van der Waals surface area contributed by atoms with Crippen LogP contribution in [0.2, 0.25) is 0 Å². The molecule has 3 rings (SSSR count). The lowest BCUT2D eigenvalue weighted by atomic mass is 10.1. The van der Waals surface area contributed by atoms with Gasteiger partial charge in [0, 0.05) is 5.56 Å². The highest BCUT2D eigenvalue weighted by Gasteiger charge is 2.17. The van der Waals surface area contributed by atoms with Crippen molar-refractivity contribution in [3.63, 3.8) is 0 Å². The molecule has 1 aromatic heterocycles. The molecule has 3 aromatic rings. The normalized spacial score (nSPS) is 10.6. The molecule has 0 aliphatic heterocycles. The first-order valence-electron chi connectivity index (χ1n) is 7.28. The first kappa shape index (κ1) is 15.9. The zero-order chi connectivity index (χ0) is 17.1. The maximum Gasteiger partial charge on any atom is 0.257 e. The van der Waals surface area contributed by atoms with Gasteiger partial charge in [-0.25, -0.2) is 13.8 Å². The van der Waals surface area contributed by atoms with E-state index in [0.29, 0.717) is 11.6 Å². The van der Waals surface area contributed by atoms with E-state index >= 15 is 0 Å². The van der Waals surface area contributed by atoms with E-state index in [2.05, 4.69) is 10.3 Å². The third-order valence-electron chi connectivity index (χ3n) is 3.47. The van der Waals surface area contributed by atoms with Crippen molar-refractivity contribution in [2.45, 2.75) is 13.5 Å². The molecule has 1 amide bonds. The van der Waals surface area contributed by atoms with Crippen molar-refractivity contribution in [2.75, 3.05) is 0 Å². The lowest BCUT2D eigenvalue weighted by Crippen LogP contribution is -2.25. The van der Waals surface area contributed by atoms with E-state index in [1.165, 1.54) is 12.3 Å². The molecule has 0 bridgehead atoms. The molecule has 0 atom stereocenters. The first-order valence-corrected chi connectivity index (χ1v) is 7.28. The minimum absolute atomic E-state index is 0.00195. The molecule has 2 aromatic carbocycles. The van der Waals surface area contributed by atoms with Gasteiger partial charge in [0.15, 0.2) is 0 Å². The van der Waals surface area contributed by atoms with Gasteiger partial charge in [-0.3, -0.25) is 4.79 Å². The van der Waals surface area contributed by atoms with Crippen molar-refractivity contribution < 1.29 is 18.0 Å². The summed E-state index contributed by atoms with van der Waals surface area (Å²) in [7, 11) is 0. The van der Waals surface area contributed by atoms with E-state index < -0.39 is 23.1 Å². The van der Waals surface area contributed by atoms with Crippen molar-refractivity contribution in [1.82, 2.24) is 10.3 Å². The Morgan fingerprint density at radius 3 is 2.46 bits per heavy atom. The fourth-order valence-corrected chi connectivity index (χ4v) is 2.19. The average molecular weight is 328 g/mol. The Bertz CT molecular complexity index is 853. The molecular formula is C18H14F2N2O2. The lowest BCUT2D eigenvalue weighted by molar-refractivity contribution is 0.0942. The summed E-state index contributed by atoms with van der Waals surface area (Å²) in [5, 5.41) is 2.43. The van der Waals surface area contributed by atoms with Crippen LogP contribution in [0.1, 0.15) is 21.6 Å². The maximum atomic E-state index is 13.5. The quantitative estimate of drug-likeness (QED) is 0.791. The Kier molecular flexibility index (Phi) is 4.37. The topological polar surface area (TPSA) is 55.1 Å². The summed E-state index contributed by atoms with van der Waals surface area (Å²) in [5.41, 5.74) is 1.76. The molecule has 1 heterocycles. The molecule has 0 radical (unpaired) electrons. The molecule has 1 N–H and O–H groups in total. The van der Waals surface area contributed by atoms with E-state index in [1.807, 2.05) is 31.2 Å². The van der Waals surface area contributed by atoms with Gasteiger partial charge in [0.05, 0.1) is 12.2 Å². The van der Waals surface area contributed by atoms with E-state index in [1.54, 1.807) is 0 Å². The number of nitrogens with one attached hydrogen (secondary N) is 1. The molecule has 6 heteroatoms. The molecule has 0 saturated carbocycles.